The Balaban J connectivity index is 1.81. The van der Waals surface area contributed by atoms with Gasteiger partial charge in [-0.05, 0) is 64.0 Å². The van der Waals surface area contributed by atoms with Gasteiger partial charge in [0.25, 0.3) is 0 Å². The monoisotopic (exact) mass is 327 g/mol. The molecule has 3 rings (SSSR count). The Morgan fingerprint density at radius 3 is 2.58 bits per heavy atom. The van der Waals surface area contributed by atoms with Crippen molar-refractivity contribution in [3.8, 4) is 0 Å². The van der Waals surface area contributed by atoms with E-state index in [-0.39, 0.29) is 24.0 Å². The third-order valence-electron chi connectivity index (χ3n) is 5.39. The molecule has 0 spiro atoms. The largest absolute Gasteiger partial charge is 0.461 e. The van der Waals surface area contributed by atoms with Gasteiger partial charge in [0.15, 0.2) is 0 Å². The molecule has 2 aliphatic rings. The van der Waals surface area contributed by atoms with Gasteiger partial charge in [-0.15, -0.1) is 0 Å². The molecule has 3 nitrogen and oxygen atoms in total. The van der Waals surface area contributed by atoms with E-state index >= 15 is 0 Å². The molecule has 3 heteroatoms. The van der Waals surface area contributed by atoms with Gasteiger partial charge in [-0.1, -0.05) is 36.3 Å². The van der Waals surface area contributed by atoms with Crippen LogP contribution in [0.4, 0.5) is 5.69 Å². The van der Waals surface area contributed by atoms with Gasteiger partial charge in [0.1, 0.15) is 12.1 Å². The number of rotatable bonds is 3. The minimum absolute atomic E-state index is 0.0984. The number of carbonyl (C=O) groups is 1. The number of ether oxygens (including phenoxy) is 1. The Morgan fingerprint density at radius 2 is 1.92 bits per heavy atom. The molecule has 130 valence electrons. The van der Waals surface area contributed by atoms with Crippen molar-refractivity contribution in [2.45, 2.75) is 77.4 Å². The summed E-state index contributed by atoms with van der Waals surface area (Å²) in [5.74, 6) is 0.113. The van der Waals surface area contributed by atoms with Crippen molar-refractivity contribution in [1.29, 1.82) is 0 Å². The summed E-state index contributed by atoms with van der Waals surface area (Å²) >= 11 is 0. The van der Waals surface area contributed by atoms with Gasteiger partial charge in [-0.2, -0.15) is 0 Å². The highest BCUT2D eigenvalue weighted by Gasteiger charge is 2.34. The SMILES string of the molecule is C=C(C)[C@@H]1C[C@@H](C(=O)OC2CCCCC2)Nc2c(C)cc(C)cc21. The Bertz CT molecular complexity index is 643. The van der Waals surface area contributed by atoms with E-state index in [2.05, 4.69) is 44.8 Å². The van der Waals surface area contributed by atoms with Gasteiger partial charge >= 0.3 is 5.97 Å². The summed E-state index contributed by atoms with van der Waals surface area (Å²) in [5, 5.41) is 3.45. The van der Waals surface area contributed by atoms with Crippen LogP contribution in [0.1, 0.15) is 68.1 Å². The van der Waals surface area contributed by atoms with Gasteiger partial charge < -0.3 is 10.1 Å². The lowest BCUT2D eigenvalue weighted by atomic mass is 9.81. The lowest BCUT2D eigenvalue weighted by Crippen LogP contribution is -2.39. The summed E-state index contributed by atoms with van der Waals surface area (Å²) in [7, 11) is 0. The van der Waals surface area contributed by atoms with Crippen LogP contribution < -0.4 is 5.32 Å². The second kappa shape index (κ2) is 7.00. The van der Waals surface area contributed by atoms with Gasteiger partial charge in [-0.25, -0.2) is 4.79 Å². The fourth-order valence-electron chi connectivity index (χ4n) is 4.12. The average molecular weight is 327 g/mol. The van der Waals surface area contributed by atoms with Crippen molar-refractivity contribution in [3.63, 3.8) is 0 Å². The summed E-state index contributed by atoms with van der Waals surface area (Å²) in [4.78, 5) is 12.7. The van der Waals surface area contributed by atoms with Crippen LogP contribution in [-0.4, -0.2) is 18.1 Å². The number of benzene rings is 1. The molecule has 1 aromatic carbocycles. The topological polar surface area (TPSA) is 38.3 Å². The second-order valence-corrected chi connectivity index (χ2v) is 7.57. The number of esters is 1. The van der Waals surface area contributed by atoms with Crippen LogP contribution in [-0.2, 0) is 9.53 Å². The first-order chi connectivity index (χ1) is 11.5. The van der Waals surface area contributed by atoms with Gasteiger partial charge in [0, 0.05) is 11.6 Å². The molecule has 0 unspecified atom stereocenters. The molecule has 0 amide bonds. The number of hydrogen-bond donors (Lipinski definition) is 1. The molecule has 1 N–H and O–H groups in total. The quantitative estimate of drug-likeness (QED) is 0.625. The predicted octanol–water partition coefficient (Wildman–Crippen LogP) is 5.02. The van der Waals surface area contributed by atoms with Crippen molar-refractivity contribution in [1.82, 2.24) is 0 Å². The Labute approximate surface area is 145 Å². The van der Waals surface area contributed by atoms with Gasteiger partial charge in [0.05, 0.1) is 0 Å². The van der Waals surface area contributed by atoms with Gasteiger partial charge in [-0.3, -0.25) is 0 Å². The normalized spacial score (nSPS) is 24.0. The van der Waals surface area contributed by atoms with Crippen LogP contribution in [0.15, 0.2) is 24.3 Å². The van der Waals surface area contributed by atoms with Crippen LogP contribution in [0.3, 0.4) is 0 Å². The van der Waals surface area contributed by atoms with E-state index in [0.717, 1.165) is 30.5 Å². The molecule has 0 radical (unpaired) electrons. The molecule has 1 heterocycles. The maximum atomic E-state index is 12.7. The predicted molar refractivity (Wildman–Crippen MR) is 98.5 cm³/mol. The van der Waals surface area contributed by atoms with Crippen molar-refractivity contribution >= 4 is 11.7 Å². The number of aryl methyl sites for hydroxylation is 2. The van der Waals surface area contributed by atoms with Crippen LogP contribution in [0.25, 0.3) is 0 Å². The molecule has 1 fully saturated rings. The number of nitrogens with one attached hydrogen (secondary N) is 1. The van der Waals surface area contributed by atoms with Crippen molar-refractivity contribution < 1.29 is 9.53 Å². The minimum Gasteiger partial charge on any atom is -0.461 e. The molecular formula is C21H29NO2. The third kappa shape index (κ3) is 3.50. The minimum atomic E-state index is -0.275. The van der Waals surface area contributed by atoms with Crippen LogP contribution in [0, 0.1) is 13.8 Å². The number of anilines is 1. The molecule has 0 bridgehead atoms. The number of allylic oxidation sites excluding steroid dienone is 1. The smallest absolute Gasteiger partial charge is 0.328 e. The average Bonchev–Trinajstić information content (AvgIpc) is 2.54. The van der Waals surface area contributed by atoms with E-state index in [1.807, 2.05) is 0 Å². The summed E-state index contributed by atoms with van der Waals surface area (Å²) in [6.07, 6.45) is 6.47. The molecule has 2 atom stereocenters. The van der Waals surface area contributed by atoms with E-state index in [9.17, 15) is 4.79 Å². The highest BCUT2D eigenvalue weighted by Crippen LogP contribution is 2.41. The first-order valence-corrected chi connectivity index (χ1v) is 9.19. The standard InChI is InChI=1S/C21H29NO2/c1-13(2)17-12-19(21(23)24-16-8-6-5-7-9-16)22-20-15(4)10-14(3)11-18(17)20/h10-11,16-17,19,22H,1,5-9,12H2,2-4H3/t17-,19-/m0/s1. The maximum absolute atomic E-state index is 12.7. The van der Waals surface area contributed by atoms with Crippen LogP contribution in [0.5, 0.6) is 0 Å². The van der Waals surface area contributed by atoms with E-state index in [1.54, 1.807) is 0 Å². The first-order valence-electron chi connectivity index (χ1n) is 9.19. The lowest BCUT2D eigenvalue weighted by Gasteiger charge is -2.35. The fourth-order valence-corrected chi connectivity index (χ4v) is 4.12. The fraction of sp³-hybridized carbons (Fsp3) is 0.571. The highest BCUT2D eigenvalue weighted by atomic mass is 16.5. The summed E-state index contributed by atoms with van der Waals surface area (Å²) < 4.78 is 5.81. The van der Waals surface area contributed by atoms with Crippen molar-refractivity contribution in [2.24, 2.45) is 0 Å². The van der Waals surface area contributed by atoms with Crippen LogP contribution in [0.2, 0.25) is 0 Å². The molecule has 1 aliphatic carbocycles. The van der Waals surface area contributed by atoms with E-state index < -0.39 is 0 Å². The molecule has 24 heavy (non-hydrogen) atoms. The van der Waals surface area contributed by atoms with Crippen molar-refractivity contribution in [2.75, 3.05) is 5.32 Å². The summed E-state index contributed by atoms with van der Waals surface area (Å²) in [6.45, 7) is 10.4. The molecule has 1 aromatic rings. The maximum Gasteiger partial charge on any atom is 0.328 e. The highest BCUT2D eigenvalue weighted by molar-refractivity contribution is 5.82. The molecule has 1 saturated carbocycles. The summed E-state index contributed by atoms with van der Waals surface area (Å²) in [5.41, 5.74) is 5.90. The Morgan fingerprint density at radius 1 is 1.21 bits per heavy atom. The lowest BCUT2D eigenvalue weighted by molar-refractivity contribution is -0.151. The zero-order valence-corrected chi connectivity index (χ0v) is 15.2. The first kappa shape index (κ1) is 17.1. The molecule has 1 aliphatic heterocycles. The van der Waals surface area contributed by atoms with E-state index in [0.29, 0.717) is 0 Å². The molecule has 0 saturated heterocycles. The number of fused-ring (bicyclic) bond motifs is 1. The number of carbonyl (C=O) groups excluding carboxylic acids is 1. The Hall–Kier alpha value is -1.77. The zero-order chi connectivity index (χ0) is 17.3. The second-order valence-electron chi connectivity index (χ2n) is 7.57. The van der Waals surface area contributed by atoms with Gasteiger partial charge in [0.2, 0.25) is 0 Å². The molecular weight excluding hydrogens is 298 g/mol. The van der Waals surface area contributed by atoms with E-state index in [1.165, 1.54) is 36.0 Å². The van der Waals surface area contributed by atoms with Crippen LogP contribution >= 0.6 is 0 Å². The third-order valence-corrected chi connectivity index (χ3v) is 5.39. The summed E-state index contributed by atoms with van der Waals surface area (Å²) in [6, 6.07) is 4.11. The molecule has 0 aromatic heterocycles. The number of hydrogen-bond acceptors (Lipinski definition) is 3. The zero-order valence-electron chi connectivity index (χ0n) is 15.2. The van der Waals surface area contributed by atoms with E-state index in [4.69, 9.17) is 4.74 Å². The van der Waals surface area contributed by atoms with Crippen molar-refractivity contribution in [3.05, 3.63) is 41.0 Å². The Kier molecular flexibility index (Phi) is 4.98.